The lowest BCUT2D eigenvalue weighted by molar-refractivity contribution is -0.0708. The molecule has 116 valence electrons. The zero-order valence-corrected chi connectivity index (χ0v) is 14.3. The van der Waals surface area contributed by atoms with Crippen molar-refractivity contribution in [2.45, 2.75) is 46.0 Å². The van der Waals surface area contributed by atoms with E-state index in [1.165, 1.54) is 5.56 Å². The van der Waals surface area contributed by atoms with Gasteiger partial charge in [0.05, 0.1) is 18.3 Å². The first-order valence-electron chi connectivity index (χ1n) is 7.80. The van der Waals surface area contributed by atoms with Gasteiger partial charge < -0.3 is 13.3 Å². The Labute approximate surface area is 128 Å². The smallest absolute Gasteiger partial charge is 0.366 e. The van der Waals surface area contributed by atoms with Crippen LogP contribution >= 0.6 is 0 Å². The van der Waals surface area contributed by atoms with Crippen LogP contribution in [0.15, 0.2) is 24.3 Å². The molecule has 3 atom stereocenters. The van der Waals surface area contributed by atoms with Crippen molar-refractivity contribution in [3.63, 3.8) is 0 Å². The number of hydrogen-bond donors (Lipinski definition) is 0. The van der Waals surface area contributed by atoms with Crippen molar-refractivity contribution < 1.29 is 13.3 Å². The fraction of sp³-hybridized carbons (Fsp3) is 0.625. The molecule has 3 fully saturated rings. The Kier molecular flexibility index (Phi) is 4.20. The molecule has 0 saturated carbocycles. The van der Waals surface area contributed by atoms with Crippen molar-refractivity contribution in [3.8, 4) is 0 Å². The van der Waals surface area contributed by atoms with E-state index >= 15 is 0 Å². The molecule has 0 aliphatic carbocycles. The second kappa shape index (κ2) is 5.82. The molecule has 3 aliphatic rings. The van der Waals surface area contributed by atoms with Crippen LogP contribution in [0.1, 0.15) is 26.3 Å². The average molecular weight is 307 g/mol. The molecule has 21 heavy (non-hydrogen) atoms. The van der Waals surface area contributed by atoms with Crippen LogP contribution in [0.2, 0.25) is 0 Å². The quantitative estimate of drug-likeness (QED) is 0.739. The lowest BCUT2D eigenvalue weighted by atomic mass is 10.2. The Morgan fingerprint density at radius 3 is 1.71 bits per heavy atom. The summed E-state index contributed by atoms with van der Waals surface area (Å²) in [5, 5.41) is 1.08. The number of benzene rings is 1. The molecule has 5 heteroatoms. The van der Waals surface area contributed by atoms with E-state index in [0.717, 1.165) is 24.8 Å². The molecule has 0 aromatic heterocycles. The number of fused-ring (bicyclic) bond motifs is 6. The van der Waals surface area contributed by atoms with Gasteiger partial charge in [-0.15, -0.1) is 0 Å². The predicted molar refractivity (Wildman–Crippen MR) is 84.6 cm³/mol. The van der Waals surface area contributed by atoms with Crippen molar-refractivity contribution in [1.29, 1.82) is 0 Å². The molecular formula is C16H25NO3Si. The lowest BCUT2D eigenvalue weighted by Gasteiger charge is -2.45. The van der Waals surface area contributed by atoms with Gasteiger partial charge in [0, 0.05) is 24.8 Å². The van der Waals surface area contributed by atoms with Crippen molar-refractivity contribution in [2.24, 2.45) is 0 Å². The maximum absolute atomic E-state index is 6.37. The van der Waals surface area contributed by atoms with Crippen LogP contribution in [0.25, 0.3) is 0 Å². The fourth-order valence-electron chi connectivity index (χ4n) is 3.27. The van der Waals surface area contributed by atoms with Crippen LogP contribution < -0.4 is 5.19 Å². The molecular weight excluding hydrogens is 282 g/mol. The minimum atomic E-state index is -2.84. The largest absolute Gasteiger partial charge is 0.538 e. The van der Waals surface area contributed by atoms with Gasteiger partial charge in [0.15, 0.2) is 0 Å². The van der Waals surface area contributed by atoms with Crippen LogP contribution in [0.4, 0.5) is 0 Å². The molecule has 0 unspecified atom stereocenters. The molecule has 3 heterocycles. The van der Waals surface area contributed by atoms with Crippen LogP contribution in [-0.2, 0) is 13.3 Å². The SMILES string of the molecule is Cc1ccc([Si]23O[C@H](C)CN(C[C@@H](C)O2)C[C@H](C)O3)cc1. The van der Waals surface area contributed by atoms with Crippen LogP contribution in [0.3, 0.4) is 0 Å². The van der Waals surface area contributed by atoms with E-state index in [-0.39, 0.29) is 18.3 Å². The zero-order valence-electron chi connectivity index (χ0n) is 13.3. The molecule has 1 aromatic rings. The molecule has 0 amide bonds. The van der Waals surface area contributed by atoms with Gasteiger partial charge in [-0.25, -0.2) is 0 Å². The van der Waals surface area contributed by atoms with E-state index in [0.29, 0.717) is 0 Å². The molecule has 0 spiro atoms. The first kappa shape index (κ1) is 15.2. The lowest BCUT2D eigenvalue weighted by Crippen LogP contribution is -2.67. The molecule has 4 rings (SSSR count). The fourth-order valence-corrected chi connectivity index (χ4v) is 6.23. The van der Waals surface area contributed by atoms with Gasteiger partial charge in [-0.05, 0) is 27.7 Å². The Morgan fingerprint density at radius 1 is 0.857 bits per heavy atom. The summed E-state index contributed by atoms with van der Waals surface area (Å²) in [6.45, 7) is 11.3. The second-order valence-electron chi connectivity index (χ2n) is 6.43. The number of aryl methyl sites for hydroxylation is 1. The van der Waals surface area contributed by atoms with E-state index in [1.807, 2.05) is 0 Å². The Hall–Kier alpha value is -0.723. The summed E-state index contributed by atoms with van der Waals surface area (Å²) < 4.78 is 19.1. The second-order valence-corrected chi connectivity index (χ2v) is 8.82. The van der Waals surface area contributed by atoms with E-state index in [9.17, 15) is 0 Å². The first-order chi connectivity index (χ1) is 9.97. The molecule has 2 bridgehead atoms. The van der Waals surface area contributed by atoms with E-state index in [4.69, 9.17) is 13.3 Å². The Bertz CT molecular complexity index is 457. The normalized spacial score (nSPS) is 40.4. The summed E-state index contributed by atoms with van der Waals surface area (Å²) in [5.41, 5.74) is 1.24. The van der Waals surface area contributed by atoms with Gasteiger partial charge in [0.1, 0.15) is 0 Å². The standard InChI is InChI=1S/C16H25NO3Si/c1-12-5-7-16(8-6-12)21-18-13(2)9-17(10-14(3)19-21)11-15(4)20-21/h5-8,13-15H,9-11H2,1-4H3/t13-,14-,15+/m1/s1. The molecule has 0 N–H and O–H groups in total. The maximum atomic E-state index is 6.37. The number of hydrogen-bond acceptors (Lipinski definition) is 4. The summed E-state index contributed by atoms with van der Waals surface area (Å²) in [5.74, 6) is 0. The highest BCUT2D eigenvalue weighted by Crippen LogP contribution is 2.24. The van der Waals surface area contributed by atoms with Crippen molar-refractivity contribution >= 4 is 14.0 Å². The van der Waals surface area contributed by atoms with Gasteiger partial charge >= 0.3 is 8.80 Å². The van der Waals surface area contributed by atoms with Crippen molar-refractivity contribution in [1.82, 2.24) is 4.90 Å². The Balaban J connectivity index is 2.02. The zero-order chi connectivity index (χ0) is 15.0. The molecule has 4 nitrogen and oxygen atoms in total. The molecule has 3 aliphatic heterocycles. The first-order valence-corrected chi connectivity index (χ1v) is 9.52. The number of nitrogens with zero attached hydrogens (tertiary/aromatic N) is 1. The highest BCUT2D eigenvalue weighted by molar-refractivity contribution is 6.75. The number of rotatable bonds is 1. The average Bonchev–Trinajstić information content (AvgIpc) is 2.35. The van der Waals surface area contributed by atoms with Gasteiger partial charge in [0.2, 0.25) is 0 Å². The molecule has 1 aromatic carbocycles. The summed E-state index contributed by atoms with van der Waals surface area (Å²) in [4.78, 5) is 2.38. The monoisotopic (exact) mass is 307 g/mol. The van der Waals surface area contributed by atoms with Crippen LogP contribution in [-0.4, -0.2) is 51.7 Å². The predicted octanol–water partition coefficient (Wildman–Crippen LogP) is 1.69. The summed E-state index contributed by atoms with van der Waals surface area (Å²) >= 11 is 0. The highest BCUT2D eigenvalue weighted by atomic mass is 28.4. The van der Waals surface area contributed by atoms with Crippen LogP contribution in [0.5, 0.6) is 0 Å². The highest BCUT2D eigenvalue weighted by Gasteiger charge is 2.51. The third-order valence-corrected chi connectivity index (χ3v) is 7.20. The summed E-state index contributed by atoms with van der Waals surface area (Å²) in [6.07, 6.45) is 0.369. The Morgan fingerprint density at radius 2 is 1.29 bits per heavy atom. The third kappa shape index (κ3) is 3.22. The van der Waals surface area contributed by atoms with Crippen molar-refractivity contribution in [2.75, 3.05) is 19.6 Å². The van der Waals surface area contributed by atoms with Gasteiger partial charge in [0.25, 0.3) is 0 Å². The maximum Gasteiger partial charge on any atom is 0.538 e. The van der Waals surface area contributed by atoms with E-state index in [2.05, 4.69) is 56.9 Å². The minimum Gasteiger partial charge on any atom is -0.366 e. The van der Waals surface area contributed by atoms with Crippen molar-refractivity contribution in [3.05, 3.63) is 29.8 Å². The summed E-state index contributed by atoms with van der Waals surface area (Å²) in [6, 6.07) is 8.43. The van der Waals surface area contributed by atoms with Gasteiger partial charge in [-0.2, -0.15) is 0 Å². The van der Waals surface area contributed by atoms with E-state index < -0.39 is 8.80 Å². The van der Waals surface area contributed by atoms with Gasteiger partial charge in [-0.1, -0.05) is 29.8 Å². The van der Waals surface area contributed by atoms with E-state index in [1.54, 1.807) is 0 Å². The molecule has 0 radical (unpaired) electrons. The summed E-state index contributed by atoms with van der Waals surface area (Å²) in [7, 11) is -2.84. The van der Waals surface area contributed by atoms with Crippen LogP contribution in [0, 0.1) is 6.92 Å². The van der Waals surface area contributed by atoms with Gasteiger partial charge in [-0.3, -0.25) is 4.90 Å². The minimum absolute atomic E-state index is 0.123. The third-order valence-electron chi connectivity index (χ3n) is 4.02. The topological polar surface area (TPSA) is 30.9 Å². The molecule has 3 saturated heterocycles.